The van der Waals surface area contributed by atoms with Crippen LogP contribution in [0.5, 0.6) is 0 Å². The van der Waals surface area contributed by atoms with Crippen molar-refractivity contribution in [3.63, 3.8) is 0 Å². The average molecular weight is 792 g/mol. The number of hydrogen-bond acceptors (Lipinski definition) is 0. The Morgan fingerprint density at radius 3 is 0.936 bits per heavy atom. The summed E-state index contributed by atoms with van der Waals surface area (Å²) in [5, 5.41) is 9.93. The van der Waals surface area contributed by atoms with Crippen molar-refractivity contribution in [3.05, 3.63) is 91.9 Å². The topological polar surface area (TPSA) is 0 Å². The van der Waals surface area contributed by atoms with Crippen molar-refractivity contribution in [2.45, 2.75) is 112 Å². The molecular formula is C39H57Cl3Si4Ti. The van der Waals surface area contributed by atoms with Gasteiger partial charge in [-0.25, -0.2) is 0 Å². The van der Waals surface area contributed by atoms with Crippen LogP contribution in [0.2, 0.25) is 64.0 Å². The molecular weight excluding hydrogens is 735 g/mol. The molecule has 4 rings (SSSR count). The first kappa shape index (κ1) is 44.6. The number of benzene rings is 3. The smallest absolute Gasteiger partial charge is 1.00 e. The Morgan fingerprint density at radius 1 is 0.447 bits per heavy atom. The Morgan fingerprint density at radius 2 is 0.723 bits per heavy atom. The van der Waals surface area contributed by atoms with Gasteiger partial charge in [0, 0.05) is 0 Å². The van der Waals surface area contributed by atoms with E-state index in [4.69, 9.17) is 0 Å². The molecule has 3 aromatic carbocycles. The van der Waals surface area contributed by atoms with Crippen molar-refractivity contribution in [3.8, 4) is 0 Å². The normalized spacial score (nSPS) is 17.3. The SMILES string of the molecule is CC1=C(C)C(C)([Si](c2ccc(C)cc2[Si](C)(C)C)(c2ccc(C)cc2[Si](C)(C)C)c2ccc(C)cc2[Si](C)(C)C)[C]([Ti+3])=C1C.[Cl-].[Cl-].[Cl-]. The van der Waals surface area contributed by atoms with Crippen LogP contribution < -0.4 is 68.3 Å². The van der Waals surface area contributed by atoms with Crippen LogP contribution in [0.3, 0.4) is 0 Å². The summed E-state index contributed by atoms with van der Waals surface area (Å²) in [4.78, 5) is 0. The van der Waals surface area contributed by atoms with Crippen molar-refractivity contribution in [1.82, 2.24) is 0 Å². The molecule has 0 saturated carbocycles. The average Bonchev–Trinajstić information content (AvgIpc) is 3.05. The predicted molar refractivity (Wildman–Crippen MR) is 207 cm³/mol. The van der Waals surface area contributed by atoms with Crippen LogP contribution >= 0.6 is 0 Å². The van der Waals surface area contributed by atoms with E-state index < -0.39 is 32.3 Å². The monoisotopic (exact) mass is 790 g/mol. The third-order valence-electron chi connectivity index (χ3n) is 10.7. The van der Waals surface area contributed by atoms with E-state index in [-0.39, 0.29) is 42.3 Å². The van der Waals surface area contributed by atoms with Crippen LogP contribution in [0.15, 0.2) is 75.2 Å². The third kappa shape index (κ3) is 7.48. The number of aryl methyl sites for hydroxylation is 3. The van der Waals surface area contributed by atoms with E-state index in [2.05, 4.69) is 182 Å². The molecule has 0 heterocycles. The van der Waals surface area contributed by atoms with Gasteiger partial charge in [-0.05, 0) is 0 Å². The van der Waals surface area contributed by atoms with Crippen LogP contribution in [0.4, 0.5) is 0 Å². The Balaban J connectivity index is 0.00000368. The maximum atomic E-state index is 2.68. The zero-order valence-corrected chi connectivity index (χ0v) is 39.7. The van der Waals surface area contributed by atoms with Gasteiger partial charge in [0.05, 0.1) is 0 Å². The fourth-order valence-corrected chi connectivity index (χ4v) is 25.3. The van der Waals surface area contributed by atoms with Crippen LogP contribution in [-0.2, 0) is 20.4 Å². The van der Waals surface area contributed by atoms with E-state index >= 15 is 0 Å². The molecule has 0 amide bonds. The Kier molecular flexibility index (Phi) is 14.3. The molecule has 0 N–H and O–H groups in total. The summed E-state index contributed by atoms with van der Waals surface area (Å²) < 4.78 is 1.59. The third-order valence-corrected chi connectivity index (χ3v) is 25.1. The first-order valence-electron chi connectivity index (χ1n) is 16.5. The van der Waals surface area contributed by atoms with Gasteiger partial charge in [0.15, 0.2) is 0 Å². The molecule has 8 heteroatoms. The van der Waals surface area contributed by atoms with E-state index in [1.807, 2.05) is 0 Å². The Bertz CT molecular complexity index is 1520. The molecule has 3 aromatic rings. The Hall–Kier alpha value is -0.408. The van der Waals surface area contributed by atoms with Crippen molar-refractivity contribution in [2.24, 2.45) is 0 Å². The van der Waals surface area contributed by atoms with E-state index in [1.54, 1.807) is 40.6 Å². The van der Waals surface area contributed by atoms with Crippen molar-refractivity contribution in [1.29, 1.82) is 0 Å². The minimum atomic E-state index is -2.87. The van der Waals surface area contributed by atoms with Crippen molar-refractivity contribution >= 4 is 63.4 Å². The first-order valence-corrected chi connectivity index (χ1v) is 29.7. The van der Waals surface area contributed by atoms with E-state index in [0.29, 0.717) is 0 Å². The quantitative estimate of drug-likeness (QED) is 0.206. The largest absolute Gasteiger partial charge is 1.00 e. The fraction of sp³-hybridized carbons (Fsp3) is 0.436. The molecule has 1 aliphatic carbocycles. The van der Waals surface area contributed by atoms with E-state index in [1.165, 1.54) is 27.8 Å². The maximum absolute atomic E-state index is 2.87. The molecule has 0 fully saturated rings. The molecule has 0 aromatic heterocycles. The minimum absolute atomic E-state index is 0. The molecule has 0 nitrogen and oxygen atoms in total. The molecule has 0 bridgehead atoms. The Labute approximate surface area is 322 Å². The second kappa shape index (κ2) is 15.1. The zero-order chi connectivity index (χ0) is 33.4. The second-order valence-electron chi connectivity index (χ2n) is 17.0. The standard InChI is InChI=1S/C39H57Si4.3ClH.Ti/c1-27-17-20-33(36(23-27)40(8,9)10)43(39(7)26-30(4)31(5)32(39)6,34-21-18-28(2)24-37(34)41(11,12)13)35-22-19-29(3)25-38(35)42(14,15)16;;;;/h17-25H,1-16H3;3*1H;/q;;;;+3/p-3. The molecule has 0 spiro atoms. The van der Waals surface area contributed by atoms with Gasteiger partial charge in [-0.1, -0.05) is 0 Å². The number of hydrogen-bond donors (Lipinski definition) is 0. The number of allylic oxidation sites excluding steroid dienone is 4. The number of halogens is 3. The summed E-state index contributed by atoms with van der Waals surface area (Å²) in [6.45, 7) is 40.1. The fourth-order valence-electron chi connectivity index (χ4n) is 7.94. The zero-order valence-electron chi connectivity index (χ0n) is 31.8. The molecule has 0 radical (unpaired) electrons. The van der Waals surface area contributed by atoms with Gasteiger partial charge in [0.2, 0.25) is 0 Å². The van der Waals surface area contributed by atoms with Gasteiger partial charge in [0.1, 0.15) is 0 Å². The van der Waals surface area contributed by atoms with Crippen molar-refractivity contribution in [2.75, 3.05) is 0 Å². The summed E-state index contributed by atoms with van der Waals surface area (Å²) in [6.07, 6.45) is 0. The van der Waals surface area contributed by atoms with Crippen molar-refractivity contribution < 1.29 is 57.7 Å². The molecule has 1 unspecified atom stereocenters. The minimum Gasteiger partial charge on any atom is -1.00 e. The molecule has 1 atom stereocenters. The van der Waals surface area contributed by atoms with Crippen LogP contribution in [0, 0.1) is 20.8 Å². The summed E-state index contributed by atoms with van der Waals surface area (Å²) in [5.74, 6) is 0. The van der Waals surface area contributed by atoms with Crippen LogP contribution in [0.25, 0.3) is 0 Å². The number of rotatable bonds is 7. The van der Waals surface area contributed by atoms with Gasteiger partial charge >= 0.3 is 288 Å². The van der Waals surface area contributed by atoms with Gasteiger partial charge < -0.3 is 37.2 Å². The molecule has 0 saturated heterocycles. The van der Waals surface area contributed by atoms with E-state index in [9.17, 15) is 0 Å². The van der Waals surface area contributed by atoms with Crippen LogP contribution in [0.1, 0.15) is 44.4 Å². The molecule has 254 valence electrons. The predicted octanol–water partition coefficient (Wildman–Crippen LogP) is -1.34. The van der Waals surface area contributed by atoms with Gasteiger partial charge in [-0.3, -0.25) is 0 Å². The second-order valence-corrected chi connectivity index (χ2v) is 37.0. The summed E-state index contributed by atoms with van der Waals surface area (Å²) in [7, 11) is -8.18. The first-order chi connectivity index (χ1) is 20.0. The summed E-state index contributed by atoms with van der Waals surface area (Å²) in [6, 6.07) is 23.0. The van der Waals surface area contributed by atoms with E-state index in [0.717, 1.165) is 0 Å². The summed E-state index contributed by atoms with van der Waals surface area (Å²) >= 11 is 2.49. The van der Waals surface area contributed by atoms with Gasteiger partial charge in [0.25, 0.3) is 0 Å². The maximum Gasteiger partial charge on any atom is -1.00 e. The molecule has 0 aliphatic heterocycles. The summed E-state index contributed by atoms with van der Waals surface area (Å²) in [5.41, 5.74) is 8.77. The van der Waals surface area contributed by atoms with Gasteiger partial charge in [-0.2, -0.15) is 0 Å². The molecule has 47 heavy (non-hydrogen) atoms. The molecule has 1 aliphatic rings. The van der Waals surface area contributed by atoms with Gasteiger partial charge in [-0.15, -0.1) is 0 Å². The van der Waals surface area contributed by atoms with Crippen LogP contribution in [-0.4, -0.2) is 32.3 Å².